The molecule has 6 heteroatoms. The molecule has 0 aliphatic carbocycles. The third-order valence-electron chi connectivity index (χ3n) is 0.520. The Bertz CT molecular complexity index is 222. The molecular formula is C4H7NO4S. The molecule has 0 radical (unpaired) electrons. The lowest BCUT2D eigenvalue weighted by Crippen LogP contribution is -2.24. The van der Waals surface area contributed by atoms with E-state index in [4.69, 9.17) is 0 Å². The van der Waals surface area contributed by atoms with E-state index < -0.39 is 16.2 Å². The summed E-state index contributed by atoms with van der Waals surface area (Å²) < 4.78 is 19.6. The molecule has 0 heterocycles. The highest BCUT2D eigenvalue weighted by Gasteiger charge is 1.92. The number of nitrogens with one attached hydrogen (secondary N) is 1. The summed E-state index contributed by atoms with van der Waals surface area (Å²) in [6, 6.07) is 0. The molecule has 0 unspecified atom stereocenters. The zero-order valence-corrected chi connectivity index (χ0v) is 6.14. The Morgan fingerprint density at radius 2 is 2.30 bits per heavy atom. The number of hydrogen-bond acceptors (Lipinski definition) is 4. The van der Waals surface area contributed by atoms with Gasteiger partial charge in [0.2, 0.25) is 10.3 Å². The van der Waals surface area contributed by atoms with Crippen molar-refractivity contribution in [2.24, 2.45) is 0 Å². The van der Waals surface area contributed by atoms with Crippen LogP contribution < -0.4 is 5.48 Å². The average molecular weight is 165 g/mol. The van der Waals surface area contributed by atoms with Crippen LogP contribution >= 0.6 is 0 Å². The first-order chi connectivity index (χ1) is 4.66. The summed E-state index contributed by atoms with van der Waals surface area (Å²) in [6.07, 6.45) is 0. The van der Waals surface area contributed by atoms with Gasteiger partial charge in [0.1, 0.15) is 5.37 Å². The van der Waals surface area contributed by atoms with Gasteiger partial charge in [-0.2, -0.15) is 8.42 Å². The van der Waals surface area contributed by atoms with E-state index >= 15 is 0 Å². The lowest BCUT2D eigenvalue weighted by atomic mass is 10.8. The first-order valence-corrected chi connectivity index (χ1v) is 3.65. The monoisotopic (exact) mass is 165 g/mol. The lowest BCUT2D eigenvalue weighted by molar-refractivity contribution is -0.125. The molecule has 5 nitrogen and oxygen atoms in total. The van der Waals surface area contributed by atoms with Crippen LogP contribution in [0.2, 0.25) is 0 Å². The second kappa shape index (κ2) is 4.95. The molecule has 0 saturated carbocycles. The zero-order valence-electron chi connectivity index (χ0n) is 5.33. The smallest absolute Gasteiger partial charge is 0.274 e. The Morgan fingerprint density at radius 3 is 2.70 bits per heavy atom. The van der Waals surface area contributed by atoms with Crippen LogP contribution in [0.25, 0.3) is 0 Å². The van der Waals surface area contributed by atoms with Gasteiger partial charge in [-0.05, 0) is 6.92 Å². The van der Waals surface area contributed by atoms with Crippen LogP contribution in [0.1, 0.15) is 6.92 Å². The molecule has 0 rings (SSSR count). The molecule has 10 heavy (non-hydrogen) atoms. The molecule has 0 aliphatic heterocycles. The summed E-state index contributed by atoms with van der Waals surface area (Å²) in [5.74, 6) is -0.782. The standard InChI is InChI=1S/C4H7NO4S/c1-2-9-5-4(6)3-10(7)8/h3H,2H2,1H3,(H,5,6). The molecule has 0 spiro atoms. The van der Waals surface area contributed by atoms with Crippen molar-refractivity contribution in [3.8, 4) is 0 Å². The van der Waals surface area contributed by atoms with Gasteiger partial charge in [0.25, 0.3) is 5.91 Å². The molecular weight excluding hydrogens is 158 g/mol. The Kier molecular flexibility index (Phi) is 4.51. The van der Waals surface area contributed by atoms with Crippen molar-refractivity contribution in [1.29, 1.82) is 0 Å². The number of hydrogen-bond donors (Lipinski definition) is 1. The predicted molar refractivity (Wildman–Crippen MR) is 34.8 cm³/mol. The average Bonchev–Trinajstić information content (AvgIpc) is 1.82. The van der Waals surface area contributed by atoms with E-state index in [1.54, 1.807) is 6.92 Å². The summed E-state index contributed by atoms with van der Waals surface area (Å²) in [5, 5.41) is 0.482. The van der Waals surface area contributed by atoms with Crippen molar-refractivity contribution < 1.29 is 18.0 Å². The SMILES string of the molecule is CCONC(=O)C=S(=O)=O. The van der Waals surface area contributed by atoms with Crippen LogP contribution in [0.4, 0.5) is 0 Å². The number of carbonyl (C=O) groups is 1. The fourth-order valence-corrected chi connectivity index (χ4v) is 0.478. The Balaban J connectivity index is 3.77. The number of hydroxylamine groups is 1. The molecule has 1 N–H and O–H groups in total. The summed E-state index contributed by atoms with van der Waals surface area (Å²) in [7, 11) is -2.47. The molecule has 0 atom stereocenters. The van der Waals surface area contributed by atoms with Gasteiger partial charge in [-0.3, -0.25) is 9.63 Å². The maximum atomic E-state index is 10.3. The van der Waals surface area contributed by atoms with Gasteiger partial charge in [-0.1, -0.05) is 0 Å². The Morgan fingerprint density at radius 1 is 1.70 bits per heavy atom. The molecule has 58 valence electrons. The maximum absolute atomic E-state index is 10.3. The van der Waals surface area contributed by atoms with Gasteiger partial charge in [0.05, 0.1) is 6.61 Å². The minimum Gasteiger partial charge on any atom is -0.274 e. The largest absolute Gasteiger partial charge is 0.283 e. The lowest BCUT2D eigenvalue weighted by Gasteiger charge is -1.95. The van der Waals surface area contributed by atoms with Crippen LogP contribution in [0.15, 0.2) is 0 Å². The first-order valence-electron chi connectivity index (χ1n) is 2.51. The molecule has 0 aromatic heterocycles. The molecule has 0 aliphatic rings. The van der Waals surface area contributed by atoms with Gasteiger partial charge < -0.3 is 0 Å². The van der Waals surface area contributed by atoms with E-state index in [2.05, 4.69) is 4.84 Å². The van der Waals surface area contributed by atoms with E-state index in [-0.39, 0.29) is 0 Å². The second-order valence-corrected chi connectivity index (χ2v) is 2.03. The topological polar surface area (TPSA) is 72.5 Å². The molecule has 0 bridgehead atoms. The normalized spacial score (nSPS) is 8.50. The quantitative estimate of drug-likeness (QED) is 0.418. The van der Waals surface area contributed by atoms with Crippen LogP contribution in [-0.2, 0) is 19.9 Å². The summed E-state index contributed by atoms with van der Waals surface area (Å²) >= 11 is 0. The van der Waals surface area contributed by atoms with Crippen LogP contribution in [0, 0.1) is 0 Å². The third-order valence-corrected chi connectivity index (χ3v) is 0.927. The van der Waals surface area contributed by atoms with Crippen LogP contribution in [-0.4, -0.2) is 26.3 Å². The van der Waals surface area contributed by atoms with E-state index in [9.17, 15) is 13.2 Å². The summed E-state index contributed by atoms with van der Waals surface area (Å²) in [6.45, 7) is 1.96. The maximum Gasteiger partial charge on any atom is 0.283 e. The Hall–Kier alpha value is -0.880. The van der Waals surface area contributed by atoms with Crippen molar-refractivity contribution in [2.75, 3.05) is 6.61 Å². The van der Waals surface area contributed by atoms with E-state index in [0.29, 0.717) is 12.0 Å². The number of rotatable bonds is 3. The second-order valence-electron chi connectivity index (χ2n) is 1.28. The Labute approximate surface area is 59.5 Å². The first kappa shape index (κ1) is 9.12. The fraction of sp³-hybridized carbons (Fsp3) is 0.500. The number of carbonyl (C=O) groups excluding carboxylic acids is 1. The molecule has 0 aromatic rings. The van der Waals surface area contributed by atoms with E-state index in [1.165, 1.54) is 0 Å². The van der Waals surface area contributed by atoms with Crippen molar-refractivity contribution in [3.05, 3.63) is 0 Å². The van der Waals surface area contributed by atoms with Gasteiger partial charge in [-0.25, -0.2) is 5.48 Å². The van der Waals surface area contributed by atoms with Crippen molar-refractivity contribution in [1.82, 2.24) is 5.48 Å². The minimum absolute atomic E-state index is 0.297. The van der Waals surface area contributed by atoms with Crippen LogP contribution in [0.5, 0.6) is 0 Å². The fourth-order valence-electron chi connectivity index (χ4n) is 0.255. The highest BCUT2D eigenvalue weighted by Crippen LogP contribution is 1.62. The molecule has 0 saturated heterocycles. The van der Waals surface area contributed by atoms with Crippen molar-refractivity contribution in [2.45, 2.75) is 6.92 Å². The van der Waals surface area contributed by atoms with E-state index in [0.717, 1.165) is 0 Å². The highest BCUT2D eigenvalue weighted by molar-refractivity contribution is 7.73. The minimum atomic E-state index is -2.47. The van der Waals surface area contributed by atoms with Crippen molar-refractivity contribution in [3.63, 3.8) is 0 Å². The van der Waals surface area contributed by atoms with Gasteiger partial charge in [0, 0.05) is 0 Å². The van der Waals surface area contributed by atoms with Gasteiger partial charge in [0.15, 0.2) is 0 Å². The molecule has 0 fully saturated rings. The summed E-state index contributed by atoms with van der Waals surface area (Å²) in [5.41, 5.74) is 1.88. The number of amides is 1. The molecule has 0 aromatic carbocycles. The van der Waals surface area contributed by atoms with Crippen LogP contribution in [0.3, 0.4) is 0 Å². The zero-order chi connectivity index (χ0) is 7.98. The van der Waals surface area contributed by atoms with E-state index in [1.807, 2.05) is 5.48 Å². The summed E-state index contributed by atoms with van der Waals surface area (Å²) in [4.78, 5) is 14.7. The predicted octanol–water partition coefficient (Wildman–Crippen LogP) is -1.26. The third kappa shape index (κ3) is 5.26. The van der Waals surface area contributed by atoms with Crippen molar-refractivity contribution >= 4 is 21.6 Å². The van der Waals surface area contributed by atoms with Gasteiger partial charge in [-0.15, -0.1) is 0 Å². The highest BCUT2D eigenvalue weighted by atomic mass is 32.2. The van der Waals surface area contributed by atoms with Gasteiger partial charge >= 0.3 is 0 Å². The molecule has 1 amide bonds.